The number of hydrogen-bond donors (Lipinski definition) is 2. The van der Waals surface area contributed by atoms with Crippen LogP contribution in [-0.2, 0) is 0 Å². The molecule has 4 N–H and O–H groups in total. The van der Waals surface area contributed by atoms with E-state index >= 15 is 0 Å². The maximum atomic E-state index is 4.72. The largest absolute Gasteiger partial charge is 0.342 e. The lowest BCUT2D eigenvalue weighted by atomic mass is 10.5. The van der Waals surface area contributed by atoms with Gasteiger partial charge in [0.25, 0.3) is 0 Å². The van der Waals surface area contributed by atoms with Crippen LogP contribution in [0, 0.1) is 0 Å². The third-order valence-corrected chi connectivity index (χ3v) is 0.838. The predicted octanol–water partition coefficient (Wildman–Crippen LogP) is -0.0642. The van der Waals surface area contributed by atoms with Gasteiger partial charge in [-0.1, -0.05) is 6.07 Å². The number of nitrogens with one attached hydrogen (secondary N) is 2. The molecular formula is C13H34N5P+4. The lowest BCUT2D eigenvalue weighted by Gasteiger charge is -1.88. The molecule has 1 aromatic rings. The third-order valence-electron chi connectivity index (χ3n) is 0.838. The highest BCUT2D eigenvalue weighted by atomic mass is 31.1. The maximum absolute atomic E-state index is 4.72. The summed E-state index contributed by atoms with van der Waals surface area (Å²) in [5.41, 5.74) is 0. The molecule has 0 aliphatic heterocycles. The molecule has 5 nitrogen and oxygen atoms in total. The summed E-state index contributed by atoms with van der Waals surface area (Å²) in [4.78, 5) is 4.31. The highest BCUT2D eigenvalue weighted by molar-refractivity contribution is 7.55. The SMILES string of the molecule is C[N+](C)=NN.C[NH+](C)C.C[PH+](C)C.c1cc[nH+]cc1. The summed E-state index contributed by atoms with van der Waals surface area (Å²) in [5, 5.41) is 3.22. The van der Waals surface area contributed by atoms with Gasteiger partial charge in [0.1, 0.15) is 0 Å². The molecule has 6 heteroatoms. The molecule has 1 aromatic heterocycles. The number of rotatable bonds is 0. The van der Waals surface area contributed by atoms with E-state index < -0.39 is 0 Å². The first kappa shape index (κ1) is 23.1. The van der Waals surface area contributed by atoms with E-state index in [9.17, 15) is 0 Å². The molecule has 0 atom stereocenters. The first-order chi connectivity index (χ1) is 8.73. The van der Waals surface area contributed by atoms with E-state index in [4.69, 9.17) is 5.84 Å². The van der Waals surface area contributed by atoms with Crippen molar-refractivity contribution in [3.63, 3.8) is 0 Å². The van der Waals surface area contributed by atoms with Crippen molar-refractivity contribution < 1.29 is 14.6 Å². The lowest BCUT2D eigenvalue weighted by Crippen LogP contribution is -3.02. The molecule has 0 fully saturated rings. The quantitative estimate of drug-likeness (QED) is 0.227. The summed E-state index contributed by atoms with van der Waals surface area (Å²) in [7, 11) is 9.90. The monoisotopic (exact) mass is 291 g/mol. The molecule has 0 unspecified atom stereocenters. The summed E-state index contributed by atoms with van der Waals surface area (Å²) in [5.74, 6) is 4.72. The molecule has 0 bridgehead atoms. The van der Waals surface area contributed by atoms with Gasteiger partial charge in [-0.3, -0.25) is 0 Å². The molecule has 0 amide bonds. The van der Waals surface area contributed by atoms with Gasteiger partial charge in [-0.15, -0.1) is 0 Å². The minimum absolute atomic E-state index is 0.120. The second kappa shape index (κ2) is 19.3. The molecule has 1 rings (SSSR count). The number of quaternary nitrogens is 1. The second-order valence-electron chi connectivity index (χ2n) is 5.04. The number of nitrogens with two attached hydrogens (primary N) is 1. The zero-order chi connectivity index (χ0) is 15.7. The van der Waals surface area contributed by atoms with Gasteiger partial charge in [0, 0.05) is 32.1 Å². The first-order valence-electron chi connectivity index (χ1n) is 6.26. The molecule has 0 aliphatic carbocycles. The zero-order valence-corrected chi connectivity index (χ0v) is 14.9. The van der Waals surface area contributed by atoms with Crippen molar-refractivity contribution in [3.8, 4) is 0 Å². The molecule has 0 aliphatic rings. The Morgan fingerprint density at radius 1 is 1.00 bits per heavy atom. The fraction of sp³-hybridized carbons (Fsp3) is 0.615. The maximum Gasteiger partial charge on any atom is 0.166 e. The third kappa shape index (κ3) is 78.5. The van der Waals surface area contributed by atoms with Crippen LogP contribution in [0.5, 0.6) is 0 Å². The van der Waals surface area contributed by atoms with Crippen molar-refractivity contribution >= 4 is 7.92 Å². The average molecular weight is 291 g/mol. The van der Waals surface area contributed by atoms with Gasteiger partial charge in [0.05, 0.1) is 40.5 Å². The topological polar surface area (TPSA) is 60.0 Å². The summed E-state index contributed by atoms with van der Waals surface area (Å²) in [6.07, 6.45) is 3.75. The van der Waals surface area contributed by atoms with E-state index in [0.717, 1.165) is 0 Å². The van der Waals surface area contributed by atoms with E-state index in [1.54, 1.807) is 14.1 Å². The van der Waals surface area contributed by atoms with Gasteiger partial charge in [0.15, 0.2) is 12.4 Å². The van der Waals surface area contributed by atoms with Crippen molar-refractivity contribution in [1.82, 2.24) is 0 Å². The van der Waals surface area contributed by atoms with Gasteiger partial charge < -0.3 is 4.90 Å². The Bertz CT molecular complexity index is 233. The number of pyridine rings is 1. The smallest absolute Gasteiger partial charge is 0.166 e. The number of H-pyrrole nitrogens is 1. The molecule has 0 saturated carbocycles. The lowest BCUT2D eigenvalue weighted by molar-refractivity contribution is -0.836. The van der Waals surface area contributed by atoms with E-state index in [-0.39, 0.29) is 7.92 Å². The van der Waals surface area contributed by atoms with Gasteiger partial charge in [-0.05, 0) is 7.92 Å². The van der Waals surface area contributed by atoms with Gasteiger partial charge >= 0.3 is 0 Å². The summed E-state index contributed by atoms with van der Waals surface area (Å²) >= 11 is 0. The fourth-order valence-corrected chi connectivity index (χ4v) is 0.342. The Hall–Kier alpha value is -1.06. The van der Waals surface area contributed by atoms with Crippen LogP contribution in [0.4, 0.5) is 0 Å². The summed E-state index contributed by atoms with van der Waals surface area (Å²) in [6.45, 7) is 6.81. The van der Waals surface area contributed by atoms with E-state index in [1.807, 2.05) is 30.6 Å². The van der Waals surface area contributed by atoms with E-state index in [2.05, 4.69) is 51.3 Å². The van der Waals surface area contributed by atoms with Crippen molar-refractivity contribution in [2.45, 2.75) is 0 Å². The van der Waals surface area contributed by atoms with Crippen molar-refractivity contribution in [2.24, 2.45) is 11.1 Å². The van der Waals surface area contributed by atoms with Crippen LogP contribution in [0.25, 0.3) is 0 Å². The normalized spacial score (nSPS) is 8.11. The Labute approximate surface area is 120 Å². The number of nitrogens with zero attached hydrogens (tertiary/aromatic N) is 2. The molecule has 0 aromatic carbocycles. The first-order valence-corrected chi connectivity index (χ1v) is 9.26. The summed E-state index contributed by atoms with van der Waals surface area (Å²) in [6, 6.07) is 5.86. The van der Waals surface area contributed by atoms with Crippen LogP contribution >= 0.6 is 7.92 Å². The van der Waals surface area contributed by atoms with E-state index in [0.29, 0.717) is 0 Å². The highest BCUT2D eigenvalue weighted by Crippen LogP contribution is 2.14. The average Bonchev–Trinajstić information content (AvgIpc) is 2.30. The number of aromatic nitrogens is 1. The molecule has 0 saturated heterocycles. The molecule has 0 radical (unpaired) electrons. The Morgan fingerprint density at radius 3 is 1.32 bits per heavy atom. The zero-order valence-electron chi connectivity index (χ0n) is 13.9. The van der Waals surface area contributed by atoms with E-state index in [1.165, 1.54) is 9.60 Å². The Morgan fingerprint density at radius 2 is 1.26 bits per heavy atom. The van der Waals surface area contributed by atoms with Crippen LogP contribution in [0.2, 0.25) is 0 Å². The molecule has 19 heavy (non-hydrogen) atoms. The standard InChI is InChI=1S/C5H5N.C3H9N.C3H9P.C2H7N3/c1-2-4-6-5-3-1;2*1-4(2)3;1-5(2)4-3/h1-5H;2*1-3H3;3H,1-2H3/p+4. The second-order valence-corrected chi connectivity index (χ2v) is 8.04. The summed E-state index contributed by atoms with van der Waals surface area (Å²) < 4.78 is 1.53. The van der Waals surface area contributed by atoms with Crippen LogP contribution in [0.1, 0.15) is 0 Å². The number of aromatic amines is 1. The van der Waals surface area contributed by atoms with Crippen LogP contribution in [0.15, 0.2) is 35.8 Å². The highest BCUT2D eigenvalue weighted by Gasteiger charge is 1.75. The molecule has 112 valence electrons. The predicted molar refractivity (Wildman–Crippen MR) is 86.5 cm³/mol. The van der Waals surface area contributed by atoms with Gasteiger partial charge in [-0.2, -0.15) is 10.5 Å². The molecule has 1 heterocycles. The van der Waals surface area contributed by atoms with Crippen LogP contribution < -0.4 is 15.7 Å². The van der Waals surface area contributed by atoms with Crippen molar-refractivity contribution in [2.75, 3.05) is 55.2 Å². The van der Waals surface area contributed by atoms with Crippen LogP contribution in [0.3, 0.4) is 0 Å². The minimum Gasteiger partial charge on any atom is -0.342 e. The molecular weight excluding hydrogens is 257 g/mol. The van der Waals surface area contributed by atoms with Crippen LogP contribution in [-0.4, -0.2) is 59.9 Å². The van der Waals surface area contributed by atoms with Crippen molar-refractivity contribution in [3.05, 3.63) is 30.6 Å². The van der Waals surface area contributed by atoms with Crippen molar-refractivity contribution in [1.29, 1.82) is 0 Å². The van der Waals surface area contributed by atoms with Gasteiger partial charge in [0.2, 0.25) is 0 Å². The minimum atomic E-state index is 0.120. The molecule has 0 spiro atoms. The fourth-order valence-electron chi connectivity index (χ4n) is 0.342. The van der Waals surface area contributed by atoms with Gasteiger partial charge in [-0.25, -0.2) is 4.98 Å². The Balaban J connectivity index is -0.000000184. The Kier molecular flexibility index (Phi) is 23.4. The number of hydrogen-bond acceptors (Lipinski definition) is 1.